The summed E-state index contributed by atoms with van der Waals surface area (Å²) in [6, 6.07) is 3.01. The van der Waals surface area contributed by atoms with Crippen molar-refractivity contribution < 1.29 is 4.74 Å². The highest BCUT2D eigenvalue weighted by molar-refractivity contribution is 5.47. The molecule has 2 heterocycles. The molecule has 104 valence electrons. The van der Waals surface area contributed by atoms with Crippen molar-refractivity contribution >= 4 is 5.82 Å². The van der Waals surface area contributed by atoms with E-state index in [1.54, 1.807) is 0 Å². The lowest BCUT2D eigenvalue weighted by atomic mass is 10.1. The number of aromatic nitrogens is 1. The van der Waals surface area contributed by atoms with Gasteiger partial charge in [0.15, 0.2) is 0 Å². The van der Waals surface area contributed by atoms with Crippen molar-refractivity contribution in [2.45, 2.75) is 45.4 Å². The van der Waals surface area contributed by atoms with Crippen LogP contribution in [-0.4, -0.2) is 36.8 Å². The van der Waals surface area contributed by atoms with Crippen LogP contribution in [0.15, 0.2) is 12.3 Å². The molecule has 1 saturated carbocycles. The number of morpholine rings is 1. The number of nitrogens with zero attached hydrogens (tertiary/aromatic N) is 2. The van der Waals surface area contributed by atoms with Crippen LogP contribution in [0.3, 0.4) is 0 Å². The van der Waals surface area contributed by atoms with Gasteiger partial charge in [0.25, 0.3) is 0 Å². The van der Waals surface area contributed by atoms with E-state index >= 15 is 0 Å². The molecule has 4 nitrogen and oxygen atoms in total. The van der Waals surface area contributed by atoms with Crippen molar-refractivity contribution in [3.05, 3.63) is 23.4 Å². The number of ether oxygens (including phenoxy) is 1. The monoisotopic (exact) mass is 261 g/mol. The molecular formula is C15H23N3O. The SMILES string of the molecule is Cc1cc(CNC2CC2)cnc1N1CCOC(C)C1. The first-order chi connectivity index (χ1) is 9.22. The van der Waals surface area contributed by atoms with Crippen LogP contribution in [0.5, 0.6) is 0 Å². The van der Waals surface area contributed by atoms with Gasteiger partial charge in [0, 0.05) is 31.9 Å². The molecule has 3 rings (SSSR count). The second-order valence-electron chi connectivity index (χ2n) is 5.77. The lowest BCUT2D eigenvalue weighted by Crippen LogP contribution is -2.41. The van der Waals surface area contributed by atoms with Crippen LogP contribution in [0.4, 0.5) is 5.82 Å². The van der Waals surface area contributed by atoms with Crippen molar-refractivity contribution in [1.82, 2.24) is 10.3 Å². The van der Waals surface area contributed by atoms with Crippen molar-refractivity contribution in [2.75, 3.05) is 24.6 Å². The molecule has 1 atom stereocenters. The van der Waals surface area contributed by atoms with Crippen molar-refractivity contribution in [3.8, 4) is 0 Å². The quantitative estimate of drug-likeness (QED) is 0.898. The summed E-state index contributed by atoms with van der Waals surface area (Å²) < 4.78 is 5.59. The molecule has 1 aromatic rings. The standard InChI is InChI=1S/C15H23N3O/c1-11-7-13(8-16-14-3-4-14)9-17-15(11)18-5-6-19-12(2)10-18/h7,9,12,14,16H,3-6,8,10H2,1-2H3. The zero-order chi connectivity index (χ0) is 13.2. The Morgan fingerprint density at radius 3 is 3.00 bits per heavy atom. The van der Waals surface area contributed by atoms with E-state index in [-0.39, 0.29) is 0 Å². The average molecular weight is 261 g/mol. The van der Waals surface area contributed by atoms with Gasteiger partial charge in [0.2, 0.25) is 0 Å². The third-order valence-corrected chi connectivity index (χ3v) is 3.82. The van der Waals surface area contributed by atoms with Crippen molar-refractivity contribution in [2.24, 2.45) is 0 Å². The Labute approximate surface area is 115 Å². The van der Waals surface area contributed by atoms with E-state index in [2.05, 4.69) is 35.1 Å². The van der Waals surface area contributed by atoms with Gasteiger partial charge in [-0.05, 0) is 43.9 Å². The van der Waals surface area contributed by atoms with Gasteiger partial charge in [-0.25, -0.2) is 4.98 Å². The molecule has 1 aromatic heterocycles. The largest absolute Gasteiger partial charge is 0.375 e. The predicted molar refractivity (Wildman–Crippen MR) is 76.5 cm³/mol. The molecule has 0 spiro atoms. The fraction of sp³-hybridized carbons (Fsp3) is 0.667. The van der Waals surface area contributed by atoms with Crippen LogP contribution in [0.2, 0.25) is 0 Å². The predicted octanol–water partition coefficient (Wildman–Crippen LogP) is 1.87. The third kappa shape index (κ3) is 3.25. The Hall–Kier alpha value is -1.13. The van der Waals surface area contributed by atoms with Crippen molar-refractivity contribution in [3.63, 3.8) is 0 Å². The summed E-state index contributed by atoms with van der Waals surface area (Å²) >= 11 is 0. The highest BCUT2D eigenvalue weighted by atomic mass is 16.5. The van der Waals surface area contributed by atoms with Crippen LogP contribution in [-0.2, 0) is 11.3 Å². The van der Waals surface area contributed by atoms with E-state index < -0.39 is 0 Å². The molecule has 4 heteroatoms. The van der Waals surface area contributed by atoms with Gasteiger partial charge in [-0.3, -0.25) is 0 Å². The lowest BCUT2D eigenvalue weighted by molar-refractivity contribution is 0.0529. The number of rotatable bonds is 4. The topological polar surface area (TPSA) is 37.4 Å². The van der Waals surface area contributed by atoms with Crippen LogP contribution in [0.1, 0.15) is 30.9 Å². The highest BCUT2D eigenvalue weighted by Gasteiger charge is 2.21. The smallest absolute Gasteiger partial charge is 0.131 e. The molecule has 1 aliphatic carbocycles. The van der Waals surface area contributed by atoms with E-state index in [0.29, 0.717) is 6.10 Å². The lowest BCUT2D eigenvalue weighted by Gasteiger charge is -2.33. The summed E-state index contributed by atoms with van der Waals surface area (Å²) in [5.74, 6) is 1.12. The number of aryl methyl sites for hydroxylation is 1. The van der Waals surface area contributed by atoms with E-state index in [4.69, 9.17) is 4.74 Å². The second-order valence-corrected chi connectivity index (χ2v) is 5.77. The Bertz CT molecular complexity index is 445. The van der Waals surface area contributed by atoms with Crippen molar-refractivity contribution in [1.29, 1.82) is 0 Å². The number of hydrogen-bond acceptors (Lipinski definition) is 4. The average Bonchev–Trinajstić information content (AvgIpc) is 3.20. The van der Waals surface area contributed by atoms with Gasteiger partial charge in [-0.1, -0.05) is 0 Å². The zero-order valence-corrected chi connectivity index (χ0v) is 11.9. The summed E-state index contributed by atoms with van der Waals surface area (Å²) in [6.07, 6.45) is 4.97. The number of pyridine rings is 1. The molecule has 2 aliphatic rings. The number of anilines is 1. The van der Waals surface area contributed by atoms with Gasteiger partial charge in [-0.2, -0.15) is 0 Å². The first-order valence-electron chi connectivity index (χ1n) is 7.28. The van der Waals surface area contributed by atoms with Gasteiger partial charge < -0.3 is 15.0 Å². The number of nitrogens with one attached hydrogen (secondary N) is 1. The molecule has 2 fully saturated rings. The minimum absolute atomic E-state index is 0.297. The minimum atomic E-state index is 0.297. The molecule has 0 amide bonds. The maximum absolute atomic E-state index is 5.59. The summed E-state index contributed by atoms with van der Waals surface area (Å²) in [5, 5.41) is 3.53. The molecular weight excluding hydrogens is 238 g/mol. The van der Waals surface area contributed by atoms with Crippen LogP contribution >= 0.6 is 0 Å². The molecule has 19 heavy (non-hydrogen) atoms. The van der Waals surface area contributed by atoms with Gasteiger partial charge in [0.1, 0.15) is 5.82 Å². The van der Waals surface area contributed by atoms with E-state index in [0.717, 1.165) is 38.1 Å². The molecule has 0 aromatic carbocycles. The molecule has 1 unspecified atom stereocenters. The first kappa shape index (κ1) is 12.9. The van der Waals surface area contributed by atoms with E-state index in [1.807, 2.05) is 6.20 Å². The Balaban J connectivity index is 1.67. The normalized spacial score (nSPS) is 23.7. The van der Waals surface area contributed by atoms with Crippen LogP contribution < -0.4 is 10.2 Å². The maximum Gasteiger partial charge on any atom is 0.131 e. The Morgan fingerprint density at radius 1 is 1.47 bits per heavy atom. The molecule has 1 N–H and O–H groups in total. The summed E-state index contributed by atoms with van der Waals surface area (Å²) in [6.45, 7) is 7.90. The first-order valence-corrected chi connectivity index (χ1v) is 7.28. The minimum Gasteiger partial charge on any atom is -0.375 e. The fourth-order valence-electron chi connectivity index (χ4n) is 2.61. The van der Waals surface area contributed by atoms with Crippen LogP contribution in [0.25, 0.3) is 0 Å². The maximum atomic E-state index is 5.59. The second kappa shape index (κ2) is 5.47. The van der Waals surface area contributed by atoms with Crippen LogP contribution in [0, 0.1) is 6.92 Å². The van der Waals surface area contributed by atoms with E-state index in [1.165, 1.54) is 24.0 Å². The third-order valence-electron chi connectivity index (χ3n) is 3.82. The molecule has 0 radical (unpaired) electrons. The molecule has 0 bridgehead atoms. The van der Waals surface area contributed by atoms with E-state index in [9.17, 15) is 0 Å². The van der Waals surface area contributed by atoms with Gasteiger partial charge >= 0.3 is 0 Å². The molecule has 1 aliphatic heterocycles. The summed E-state index contributed by atoms with van der Waals surface area (Å²) in [7, 11) is 0. The summed E-state index contributed by atoms with van der Waals surface area (Å²) in [5.41, 5.74) is 2.55. The number of hydrogen-bond donors (Lipinski definition) is 1. The van der Waals surface area contributed by atoms with Gasteiger partial charge in [0.05, 0.1) is 12.7 Å². The highest BCUT2D eigenvalue weighted by Crippen LogP contribution is 2.22. The Kier molecular flexibility index (Phi) is 3.71. The van der Waals surface area contributed by atoms with Gasteiger partial charge in [-0.15, -0.1) is 0 Å². The molecule has 1 saturated heterocycles. The zero-order valence-electron chi connectivity index (χ0n) is 11.9. The fourth-order valence-corrected chi connectivity index (χ4v) is 2.61. The Morgan fingerprint density at radius 2 is 2.32 bits per heavy atom. The summed E-state index contributed by atoms with van der Waals surface area (Å²) in [4.78, 5) is 7.00.